The quantitative estimate of drug-likeness (QED) is 0.277. The number of thiazole rings is 1. The van der Waals surface area contributed by atoms with Gasteiger partial charge in [-0.15, -0.1) is 35.3 Å². The summed E-state index contributed by atoms with van der Waals surface area (Å²) < 4.78 is 10.9. The molecule has 0 aliphatic carbocycles. The first-order valence-corrected chi connectivity index (χ1v) is 10.3. The molecule has 0 bridgehead atoms. The molecule has 0 atom stereocenters. The molecule has 2 N–H and O–H groups in total. The average Bonchev–Trinajstić information content (AvgIpc) is 3.14. The molecule has 156 valence electrons. The topological polar surface area (TPSA) is 67.8 Å². The maximum absolute atomic E-state index is 6.33. The van der Waals surface area contributed by atoms with Crippen LogP contribution in [0.3, 0.4) is 0 Å². The van der Waals surface area contributed by atoms with Crippen LogP contribution in [0.2, 0.25) is 5.02 Å². The number of aromatic nitrogens is 1. The van der Waals surface area contributed by atoms with Crippen LogP contribution >= 0.6 is 46.9 Å². The number of hydrogen-bond donors (Lipinski definition) is 2. The van der Waals surface area contributed by atoms with Crippen LogP contribution in [0.5, 0.6) is 11.5 Å². The Balaban J connectivity index is 0.00000392. The van der Waals surface area contributed by atoms with Gasteiger partial charge in [0.15, 0.2) is 17.5 Å². The lowest BCUT2D eigenvalue weighted by Crippen LogP contribution is -2.36. The van der Waals surface area contributed by atoms with Crippen molar-refractivity contribution < 1.29 is 9.47 Å². The maximum atomic E-state index is 6.33. The highest BCUT2D eigenvalue weighted by atomic mass is 127. The molecular weight excluding hydrogens is 511 g/mol. The van der Waals surface area contributed by atoms with Crippen LogP contribution in [-0.2, 0) is 19.5 Å². The Morgan fingerprint density at radius 1 is 1.25 bits per heavy atom. The normalized spacial score (nSPS) is 11.0. The molecule has 1 aromatic heterocycles. The first-order valence-electron chi connectivity index (χ1n) is 9.06. The monoisotopic (exact) mass is 538 g/mol. The third kappa shape index (κ3) is 7.29. The molecule has 2 rings (SSSR count). The molecule has 0 saturated heterocycles. The fourth-order valence-electron chi connectivity index (χ4n) is 2.41. The highest BCUT2D eigenvalue weighted by Crippen LogP contribution is 2.36. The Labute approximate surface area is 193 Å². The number of aliphatic imine (C=N–C) groups is 1. The molecule has 2 aromatic rings. The van der Waals surface area contributed by atoms with Crippen molar-refractivity contribution in [3.63, 3.8) is 0 Å². The van der Waals surface area contributed by atoms with Crippen molar-refractivity contribution in [1.29, 1.82) is 0 Å². The third-order valence-electron chi connectivity index (χ3n) is 3.70. The first kappa shape index (κ1) is 24.8. The molecule has 0 spiro atoms. The van der Waals surface area contributed by atoms with Crippen molar-refractivity contribution in [2.45, 2.75) is 40.3 Å². The van der Waals surface area contributed by atoms with Crippen LogP contribution in [0, 0.1) is 0 Å². The lowest BCUT2D eigenvalue weighted by Gasteiger charge is -2.13. The number of benzene rings is 1. The molecule has 6 nitrogen and oxygen atoms in total. The third-order valence-corrected chi connectivity index (χ3v) is 5.12. The van der Waals surface area contributed by atoms with E-state index in [2.05, 4.69) is 27.5 Å². The van der Waals surface area contributed by atoms with Crippen molar-refractivity contribution in [3.05, 3.63) is 38.8 Å². The van der Waals surface area contributed by atoms with Gasteiger partial charge < -0.3 is 20.1 Å². The van der Waals surface area contributed by atoms with Gasteiger partial charge in [-0.25, -0.2) is 9.98 Å². The van der Waals surface area contributed by atoms with Gasteiger partial charge >= 0.3 is 0 Å². The number of nitrogens with zero attached hydrogens (tertiary/aromatic N) is 2. The van der Waals surface area contributed by atoms with Crippen LogP contribution in [0.15, 0.2) is 23.3 Å². The minimum Gasteiger partial charge on any atom is -0.493 e. The van der Waals surface area contributed by atoms with Gasteiger partial charge in [-0.05, 0) is 38.0 Å². The van der Waals surface area contributed by atoms with Crippen molar-refractivity contribution in [2.24, 2.45) is 4.99 Å². The van der Waals surface area contributed by atoms with Crippen LogP contribution in [0.4, 0.5) is 0 Å². The molecule has 1 heterocycles. The fraction of sp³-hybridized carbons (Fsp3) is 0.474. The summed E-state index contributed by atoms with van der Waals surface area (Å²) in [6.45, 7) is 8.49. The van der Waals surface area contributed by atoms with Gasteiger partial charge in [-0.3, -0.25) is 0 Å². The summed E-state index contributed by atoms with van der Waals surface area (Å²) in [5.41, 5.74) is 0.944. The van der Waals surface area contributed by atoms with E-state index in [9.17, 15) is 0 Å². The number of halogens is 2. The summed E-state index contributed by atoms with van der Waals surface area (Å²) in [5.74, 6) is 1.91. The second-order valence-electron chi connectivity index (χ2n) is 5.66. The number of aryl methyl sites for hydroxylation is 1. The summed E-state index contributed by atoms with van der Waals surface area (Å²) in [4.78, 5) is 10.3. The van der Waals surface area contributed by atoms with E-state index in [1.807, 2.05) is 32.2 Å². The van der Waals surface area contributed by atoms with E-state index in [4.69, 9.17) is 21.1 Å². The van der Waals surface area contributed by atoms with Crippen molar-refractivity contribution >= 4 is 52.9 Å². The zero-order valence-electron chi connectivity index (χ0n) is 16.7. The summed E-state index contributed by atoms with van der Waals surface area (Å²) >= 11 is 8.05. The van der Waals surface area contributed by atoms with Gasteiger partial charge in [0.2, 0.25) is 0 Å². The molecule has 0 amide bonds. The number of rotatable bonds is 9. The molecule has 0 saturated carbocycles. The van der Waals surface area contributed by atoms with Gasteiger partial charge in [-0.1, -0.05) is 18.5 Å². The predicted molar refractivity (Wildman–Crippen MR) is 128 cm³/mol. The number of ether oxygens (including phenoxy) is 2. The standard InChI is InChI=1S/C19H27ClN4O2S.HI/c1-5-14-11-22-17(27-14)12-24-19(21-6-2)23-10-13-8-15(20)18(26-7-3)16(9-13)25-4;/h8-9,11H,5-7,10,12H2,1-4H3,(H2,21,23,24);1H. The van der Waals surface area contributed by atoms with E-state index in [0.29, 0.717) is 36.2 Å². The van der Waals surface area contributed by atoms with Gasteiger partial charge in [0, 0.05) is 17.6 Å². The zero-order chi connectivity index (χ0) is 19.6. The van der Waals surface area contributed by atoms with E-state index in [-0.39, 0.29) is 24.0 Å². The number of guanidine groups is 1. The average molecular weight is 539 g/mol. The molecule has 9 heteroatoms. The Morgan fingerprint density at radius 3 is 2.64 bits per heavy atom. The van der Waals surface area contributed by atoms with Crippen molar-refractivity contribution in [3.8, 4) is 11.5 Å². The summed E-state index contributed by atoms with van der Waals surface area (Å²) in [6.07, 6.45) is 2.94. The fourth-order valence-corrected chi connectivity index (χ4v) is 3.50. The highest BCUT2D eigenvalue weighted by molar-refractivity contribution is 14.0. The van der Waals surface area contributed by atoms with Gasteiger partial charge in [0.05, 0.1) is 31.8 Å². The molecule has 0 aliphatic rings. The molecule has 0 aliphatic heterocycles. The number of hydrogen-bond acceptors (Lipinski definition) is 5. The summed E-state index contributed by atoms with van der Waals surface area (Å²) in [7, 11) is 1.60. The Bertz CT molecular complexity index is 770. The largest absolute Gasteiger partial charge is 0.493 e. The maximum Gasteiger partial charge on any atom is 0.191 e. The van der Waals surface area contributed by atoms with Crippen molar-refractivity contribution in [2.75, 3.05) is 20.3 Å². The molecule has 0 radical (unpaired) electrons. The van der Waals surface area contributed by atoms with E-state index in [1.54, 1.807) is 18.4 Å². The van der Waals surface area contributed by atoms with Gasteiger partial charge in [0.1, 0.15) is 5.01 Å². The zero-order valence-corrected chi connectivity index (χ0v) is 20.6. The lowest BCUT2D eigenvalue weighted by molar-refractivity contribution is 0.311. The van der Waals surface area contributed by atoms with E-state index in [0.717, 1.165) is 29.5 Å². The van der Waals surface area contributed by atoms with E-state index in [1.165, 1.54) is 4.88 Å². The van der Waals surface area contributed by atoms with Crippen LogP contribution in [-0.4, -0.2) is 31.2 Å². The van der Waals surface area contributed by atoms with Crippen LogP contribution in [0.1, 0.15) is 36.2 Å². The SMILES string of the molecule is CCNC(=NCc1cc(Cl)c(OCC)c(OC)c1)NCc1ncc(CC)s1.I. The van der Waals surface area contributed by atoms with E-state index >= 15 is 0 Å². The Kier molecular flexibility index (Phi) is 11.6. The molecule has 0 unspecified atom stereocenters. The van der Waals surface area contributed by atoms with Gasteiger partial charge in [-0.2, -0.15) is 0 Å². The van der Waals surface area contributed by atoms with Crippen LogP contribution in [0.25, 0.3) is 0 Å². The Morgan fingerprint density at radius 2 is 2.04 bits per heavy atom. The molecule has 0 fully saturated rings. The second kappa shape index (κ2) is 13.1. The van der Waals surface area contributed by atoms with Crippen LogP contribution < -0.4 is 20.1 Å². The van der Waals surface area contributed by atoms with Crippen molar-refractivity contribution in [1.82, 2.24) is 15.6 Å². The smallest absolute Gasteiger partial charge is 0.191 e. The molecular formula is C19H28ClIN4O2S. The number of methoxy groups -OCH3 is 1. The summed E-state index contributed by atoms with van der Waals surface area (Å²) in [5, 5.41) is 8.13. The minimum absolute atomic E-state index is 0. The molecule has 1 aromatic carbocycles. The predicted octanol–water partition coefficient (Wildman–Crippen LogP) is 4.64. The van der Waals surface area contributed by atoms with E-state index < -0.39 is 0 Å². The second-order valence-corrected chi connectivity index (χ2v) is 7.27. The highest BCUT2D eigenvalue weighted by Gasteiger charge is 2.11. The lowest BCUT2D eigenvalue weighted by atomic mass is 10.2. The van der Waals surface area contributed by atoms with Gasteiger partial charge in [0.25, 0.3) is 0 Å². The summed E-state index contributed by atoms with van der Waals surface area (Å²) in [6, 6.07) is 3.76. The minimum atomic E-state index is 0. The molecule has 28 heavy (non-hydrogen) atoms. The number of nitrogens with one attached hydrogen (secondary N) is 2. The first-order chi connectivity index (χ1) is 13.1. The Hall–Kier alpha value is -1.26.